The number of benzene rings is 1. The summed E-state index contributed by atoms with van der Waals surface area (Å²) in [4.78, 5) is 10.7. The smallest absolute Gasteiger partial charge is 0.759 e. The molecule has 2 N–H and O–H groups in total. The third-order valence-corrected chi connectivity index (χ3v) is 1.53. The molecule has 6 heteroatoms. The van der Waals surface area contributed by atoms with E-state index in [0.717, 1.165) is 5.48 Å². The molecule has 0 atom stereocenters. The largest absolute Gasteiger partial charge is 1.00 e. The van der Waals surface area contributed by atoms with Gasteiger partial charge in [0.05, 0.1) is 5.56 Å². The predicted octanol–water partition coefficient (Wildman–Crippen LogP) is -1.72. The monoisotopic (exact) mass is 225 g/mol. The number of rotatable bonds is 1. The van der Waals surface area contributed by atoms with Gasteiger partial charge in [0.15, 0.2) is 0 Å². The number of carbonyl (C=O) groups is 1. The molecule has 0 aliphatic carbocycles. The van der Waals surface area contributed by atoms with Crippen LogP contribution in [0.1, 0.15) is 10.4 Å². The van der Waals surface area contributed by atoms with Crippen LogP contribution in [0.3, 0.4) is 0 Å². The van der Waals surface area contributed by atoms with Crippen molar-refractivity contribution in [2.75, 3.05) is 0 Å². The Morgan fingerprint density at radius 2 is 2.15 bits per heavy atom. The number of phenols is 1. The zero-order chi connectivity index (χ0) is 9.14. The van der Waals surface area contributed by atoms with Gasteiger partial charge in [-0.1, -0.05) is 11.6 Å². The zero-order valence-electron chi connectivity index (χ0n) is 6.87. The predicted molar refractivity (Wildman–Crippen MR) is 44.0 cm³/mol. The van der Waals surface area contributed by atoms with E-state index in [1.54, 1.807) is 0 Å². The van der Waals surface area contributed by atoms with Crippen molar-refractivity contribution in [3.8, 4) is 5.75 Å². The van der Waals surface area contributed by atoms with Gasteiger partial charge in [-0.3, -0.25) is 4.79 Å². The molecule has 64 valence electrons. The molecule has 0 fully saturated rings. The molecular formula is C7H5ClKNO3. The van der Waals surface area contributed by atoms with Crippen LogP contribution < -0.4 is 56.9 Å². The summed E-state index contributed by atoms with van der Waals surface area (Å²) in [5, 5.41) is 19.3. The standard InChI is InChI=1S/C7H5ClNO3.K/c8-4-1-2-6(10)5(3-4)7(11)9-12;/h1-3H,(H2-,9,10,11,12);/q-1;+1. The summed E-state index contributed by atoms with van der Waals surface area (Å²) in [6.07, 6.45) is 0. The van der Waals surface area contributed by atoms with E-state index in [9.17, 15) is 10.0 Å². The molecule has 0 saturated carbocycles. The number of aromatic hydroxyl groups is 1. The summed E-state index contributed by atoms with van der Waals surface area (Å²) < 4.78 is 0. The van der Waals surface area contributed by atoms with Crippen LogP contribution in [-0.2, 0) is 0 Å². The van der Waals surface area contributed by atoms with Gasteiger partial charge in [-0.15, -0.1) is 0 Å². The topological polar surface area (TPSA) is 72.4 Å². The first kappa shape index (κ1) is 13.4. The van der Waals surface area contributed by atoms with Gasteiger partial charge in [0.1, 0.15) is 5.75 Å². The molecule has 0 aliphatic heterocycles. The van der Waals surface area contributed by atoms with E-state index >= 15 is 0 Å². The number of hydroxylamine groups is 1. The summed E-state index contributed by atoms with van der Waals surface area (Å²) in [6.45, 7) is 0. The van der Waals surface area contributed by atoms with Gasteiger partial charge in [-0.05, 0) is 18.2 Å². The summed E-state index contributed by atoms with van der Waals surface area (Å²) in [6, 6.07) is 3.87. The molecule has 0 spiro atoms. The van der Waals surface area contributed by atoms with E-state index in [1.165, 1.54) is 18.2 Å². The van der Waals surface area contributed by atoms with Crippen molar-refractivity contribution in [1.82, 2.24) is 5.48 Å². The zero-order valence-corrected chi connectivity index (χ0v) is 10.8. The number of hydrogen-bond donors (Lipinski definition) is 2. The molecule has 0 bridgehead atoms. The average Bonchev–Trinajstić information content (AvgIpc) is 2.08. The fraction of sp³-hybridized carbons (Fsp3) is 0. The number of phenolic OH excluding ortho intramolecular Hbond substituents is 1. The molecule has 4 nitrogen and oxygen atoms in total. The molecular weight excluding hydrogens is 221 g/mol. The fourth-order valence-electron chi connectivity index (χ4n) is 0.745. The SMILES string of the molecule is O=C(N[O-])c1cc(Cl)ccc1O.[K+]. The summed E-state index contributed by atoms with van der Waals surface area (Å²) in [5.74, 6) is -1.18. The van der Waals surface area contributed by atoms with E-state index in [2.05, 4.69) is 0 Å². The van der Waals surface area contributed by atoms with Crippen LogP contribution in [0.25, 0.3) is 0 Å². The summed E-state index contributed by atoms with van der Waals surface area (Å²) in [7, 11) is 0. The van der Waals surface area contributed by atoms with Crippen molar-refractivity contribution in [3.05, 3.63) is 34.0 Å². The van der Waals surface area contributed by atoms with Gasteiger partial charge >= 0.3 is 51.4 Å². The molecule has 0 saturated heterocycles. The second kappa shape index (κ2) is 5.97. The summed E-state index contributed by atoms with van der Waals surface area (Å²) in [5.41, 5.74) is 1.01. The average molecular weight is 226 g/mol. The Kier molecular flexibility index (Phi) is 6.15. The number of amides is 1. The van der Waals surface area contributed by atoms with Crippen molar-refractivity contribution in [3.63, 3.8) is 0 Å². The molecule has 13 heavy (non-hydrogen) atoms. The quantitative estimate of drug-likeness (QED) is 0.441. The number of hydrogen-bond acceptors (Lipinski definition) is 3. The van der Waals surface area contributed by atoms with Crippen LogP contribution in [0.4, 0.5) is 0 Å². The third-order valence-electron chi connectivity index (χ3n) is 1.30. The van der Waals surface area contributed by atoms with Crippen LogP contribution in [0.5, 0.6) is 5.75 Å². The summed E-state index contributed by atoms with van der Waals surface area (Å²) >= 11 is 5.52. The Bertz CT molecular complexity index is 319. The minimum Gasteiger partial charge on any atom is -0.759 e. The van der Waals surface area contributed by atoms with E-state index in [0.29, 0.717) is 0 Å². The minimum atomic E-state index is -0.907. The van der Waals surface area contributed by atoms with Crippen molar-refractivity contribution in [1.29, 1.82) is 0 Å². The molecule has 0 radical (unpaired) electrons. The van der Waals surface area contributed by atoms with Crippen molar-refractivity contribution < 1.29 is 61.3 Å². The van der Waals surface area contributed by atoms with E-state index in [4.69, 9.17) is 16.7 Å². The molecule has 1 rings (SSSR count). The van der Waals surface area contributed by atoms with Crippen LogP contribution in [0, 0.1) is 5.21 Å². The maximum atomic E-state index is 10.7. The van der Waals surface area contributed by atoms with Gasteiger partial charge in [-0.25, -0.2) is 0 Å². The first-order chi connectivity index (χ1) is 5.65. The van der Waals surface area contributed by atoms with Crippen LogP contribution in [0.2, 0.25) is 5.02 Å². The molecule has 0 aliphatic rings. The van der Waals surface area contributed by atoms with Gasteiger partial charge in [0, 0.05) is 5.02 Å². The second-order valence-electron chi connectivity index (χ2n) is 2.09. The Morgan fingerprint density at radius 3 is 2.69 bits per heavy atom. The fourth-order valence-corrected chi connectivity index (χ4v) is 0.917. The van der Waals surface area contributed by atoms with Gasteiger partial charge < -0.3 is 15.8 Å². The Balaban J connectivity index is 0.00000144. The van der Waals surface area contributed by atoms with Crippen molar-refractivity contribution in [2.24, 2.45) is 0 Å². The number of nitrogens with one attached hydrogen (secondary N) is 1. The first-order valence-corrected chi connectivity index (χ1v) is 3.44. The first-order valence-electron chi connectivity index (χ1n) is 3.06. The third kappa shape index (κ3) is 3.55. The van der Waals surface area contributed by atoms with Crippen molar-refractivity contribution >= 4 is 17.5 Å². The minimum absolute atomic E-state index is 0. The van der Waals surface area contributed by atoms with Gasteiger partial charge in [-0.2, -0.15) is 0 Å². The van der Waals surface area contributed by atoms with E-state index < -0.39 is 5.91 Å². The van der Waals surface area contributed by atoms with Crippen LogP contribution in [-0.4, -0.2) is 11.0 Å². The molecule has 0 aromatic heterocycles. The molecule has 0 heterocycles. The number of carbonyl (C=O) groups excluding carboxylic acids is 1. The molecule has 0 unspecified atom stereocenters. The van der Waals surface area contributed by atoms with Crippen molar-refractivity contribution in [2.45, 2.75) is 0 Å². The van der Waals surface area contributed by atoms with Crippen LogP contribution in [0.15, 0.2) is 18.2 Å². The number of halogens is 1. The molecule has 1 aromatic rings. The van der Waals surface area contributed by atoms with E-state index in [1.807, 2.05) is 0 Å². The second-order valence-corrected chi connectivity index (χ2v) is 2.53. The molecule has 1 aromatic carbocycles. The Labute approximate surface area is 122 Å². The Hall–Kier alpha value is 0.376. The van der Waals surface area contributed by atoms with Crippen LogP contribution >= 0.6 is 11.6 Å². The molecule has 1 amide bonds. The normalized spacial score (nSPS) is 8.77. The van der Waals surface area contributed by atoms with E-state index in [-0.39, 0.29) is 67.7 Å². The maximum Gasteiger partial charge on any atom is 1.00 e. The Morgan fingerprint density at radius 1 is 1.54 bits per heavy atom. The van der Waals surface area contributed by atoms with Gasteiger partial charge in [0.25, 0.3) is 0 Å². The maximum absolute atomic E-state index is 10.7. The van der Waals surface area contributed by atoms with Gasteiger partial charge in [0.2, 0.25) is 5.91 Å².